The summed E-state index contributed by atoms with van der Waals surface area (Å²) in [5.41, 5.74) is 2.07. The van der Waals surface area contributed by atoms with Crippen LogP contribution in [0.4, 0.5) is 5.82 Å². The van der Waals surface area contributed by atoms with E-state index in [0.29, 0.717) is 22.5 Å². The monoisotopic (exact) mass is 307 g/mol. The van der Waals surface area contributed by atoms with Crippen LogP contribution < -0.4 is 5.32 Å². The molecule has 0 unspecified atom stereocenters. The molecule has 0 aromatic carbocycles. The van der Waals surface area contributed by atoms with Crippen LogP contribution in [0.25, 0.3) is 11.2 Å². The van der Waals surface area contributed by atoms with Gasteiger partial charge in [-0.25, -0.2) is 4.98 Å². The molecule has 0 bridgehead atoms. The van der Waals surface area contributed by atoms with Crippen LogP contribution in [0.3, 0.4) is 0 Å². The van der Waals surface area contributed by atoms with Gasteiger partial charge in [-0.05, 0) is 41.7 Å². The smallest absolute Gasteiger partial charge is 0.226 e. The average Bonchev–Trinajstić information content (AvgIpc) is 2.71. The maximum atomic E-state index is 5.99. The van der Waals surface area contributed by atoms with Crippen molar-refractivity contribution in [3.8, 4) is 0 Å². The van der Waals surface area contributed by atoms with Gasteiger partial charge in [0.05, 0.1) is 6.33 Å². The molecule has 114 valence electrons. The minimum atomic E-state index is 0.228. The number of aromatic nitrogens is 4. The summed E-state index contributed by atoms with van der Waals surface area (Å²) in [6.07, 6.45) is 5.10. The third kappa shape index (κ3) is 3.12. The van der Waals surface area contributed by atoms with Gasteiger partial charge in [0.15, 0.2) is 11.5 Å². The zero-order valence-electron chi connectivity index (χ0n) is 13.0. The van der Waals surface area contributed by atoms with Gasteiger partial charge in [0, 0.05) is 6.04 Å². The second kappa shape index (κ2) is 4.83. The molecule has 5 nitrogen and oxygen atoms in total. The van der Waals surface area contributed by atoms with Gasteiger partial charge in [0.1, 0.15) is 5.52 Å². The van der Waals surface area contributed by atoms with Gasteiger partial charge in [0.2, 0.25) is 5.28 Å². The lowest BCUT2D eigenvalue weighted by atomic mass is 9.63. The number of hydrogen-bond acceptors (Lipinski definition) is 4. The minimum absolute atomic E-state index is 0.228. The molecule has 0 saturated heterocycles. The van der Waals surface area contributed by atoms with Crippen molar-refractivity contribution in [2.45, 2.75) is 53.0 Å². The third-order valence-electron chi connectivity index (χ3n) is 4.15. The molecule has 2 aromatic rings. The van der Waals surface area contributed by atoms with Crippen molar-refractivity contribution in [1.82, 2.24) is 19.9 Å². The lowest BCUT2D eigenvalue weighted by molar-refractivity contribution is 0.105. The molecule has 1 fully saturated rings. The van der Waals surface area contributed by atoms with E-state index in [1.165, 1.54) is 6.42 Å². The number of halogens is 1. The van der Waals surface area contributed by atoms with E-state index in [0.717, 1.165) is 24.2 Å². The van der Waals surface area contributed by atoms with Gasteiger partial charge in [-0.1, -0.05) is 27.7 Å². The van der Waals surface area contributed by atoms with E-state index in [1.54, 1.807) is 6.33 Å². The van der Waals surface area contributed by atoms with Crippen LogP contribution in [-0.4, -0.2) is 26.0 Å². The molecule has 0 aliphatic heterocycles. The first-order valence-corrected chi connectivity index (χ1v) is 7.75. The molecule has 2 heterocycles. The Balaban J connectivity index is 1.89. The number of anilines is 1. The largest absolute Gasteiger partial charge is 0.365 e. The number of nitrogens with one attached hydrogen (secondary N) is 2. The van der Waals surface area contributed by atoms with E-state index in [9.17, 15) is 0 Å². The predicted octanol–water partition coefficient (Wildman–Crippen LogP) is 4.02. The Labute approximate surface area is 129 Å². The number of imidazole rings is 1. The molecule has 0 atom stereocenters. The lowest BCUT2D eigenvalue weighted by Gasteiger charge is -2.45. The second-order valence-corrected chi connectivity index (χ2v) is 8.04. The summed E-state index contributed by atoms with van der Waals surface area (Å²) in [5.74, 6) is 0.751. The number of nitrogens with zero attached hydrogens (tertiary/aromatic N) is 3. The summed E-state index contributed by atoms with van der Waals surface area (Å²) < 4.78 is 0. The van der Waals surface area contributed by atoms with Crippen LogP contribution in [-0.2, 0) is 0 Å². The van der Waals surface area contributed by atoms with E-state index in [4.69, 9.17) is 11.6 Å². The highest BCUT2D eigenvalue weighted by Crippen LogP contribution is 2.46. The molecule has 0 radical (unpaired) electrons. The van der Waals surface area contributed by atoms with Crippen LogP contribution in [0.2, 0.25) is 5.28 Å². The van der Waals surface area contributed by atoms with Gasteiger partial charge < -0.3 is 10.3 Å². The topological polar surface area (TPSA) is 66.5 Å². The van der Waals surface area contributed by atoms with Crippen molar-refractivity contribution < 1.29 is 0 Å². The first-order valence-electron chi connectivity index (χ1n) is 7.37. The van der Waals surface area contributed by atoms with Crippen molar-refractivity contribution in [1.29, 1.82) is 0 Å². The molecule has 2 aromatic heterocycles. The minimum Gasteiger partial charge on any atom is -0.365 e. The summed E-state index contributed by atoms with van der Waals surface area (Å²) in [6.45, 7) is 9.34. The fraction of sp³-hybridized carbons (Fsp3) is 0.667. The Bertz CT molecular complexity index is 645. The first-order chi connectivity index (χ1) is 9.74. The van der Waals surface area contributed by atoms with Gasteiger partial charge in [-0.2, -0.15) is 9.97 Å². The second-order valence-electron chi connectivity index (χ2n) is 7.70. The van der Waals surface area contributed by atoms with Crippen molar-refractivity contribution in [2.24, 2.45) is 10.8 Å². The van der Waals surface area contributed by atoms with E-state index in [-0.39, 0.29) is 5.28 Å². The van der Waals surface area contributed by atoms with E-state index in [1.807, 2.05) is 0 Å². The van der Waals surface area contributed by atoms with Crippen LogP contribution in [0.15, 0.2) is 6.33 Å². The van der Waals surface area contributed by atoms with Gasteiger partial charge in [-0.15, -0.1) is 0 Å². The van der Waals surface area contributed by atoms with Crippen molar-refractivity contribution in [2.75, 3.05) is 5.32 Å². The van der Waals surface area contributed by atoms with Gasteiger partial charge >= 0.3 is 0 Å². The highest BCUT2D eigenvalue weighted by molar-refractivity contribution is 6.28. The van der Waals surface area contributed by atoms with Crippen LogP contribution in [0.5, 0.6) is 0 Å². The van der Waals surface area contributed by atoms with E-state index >= 15 is 0 Å². The van der Waals surface area contributed by atoms with Gasteiger partial charge in [-0.3, -0.25) is 0 Å². The Kier molecular flexibility index (Phi) is 3.35. The molecular weight excluding hydrogens is 286 g/mol. The predicted molar refractivity (Wildman–Crippen MR) is 85.5 cm³/mol. The zero-order chi connectivity index (χ0) is 15.3. The highest BCUT2D eigenvalue weighted by Gasteiger charge is 2.38. The highest BCUT2D eigenvalue weighted by atomic mass is 35.5. The zero-order valence-corrected chi connectivity index (χ0v) is 13.8. The average molecular weight is 308 g/mol. The number of H-pyrrole nitrogens is 1. The maximum Gasteiger partial charge on any atom is 0.226 e. The normalized spacial score (nSPS) is 21.6. The third-order valence-corrected chi connectivity index (χ3v) is 4.32. The summed E-state index contributed by atoms with van der Waals surface area (Å²) in [6, 6.07) is 0.376. The van der Waals surface area contributed by atoms with Crippen LogP contribution in [0, 0.1) is 10.8 Å². The fourth-order valence-electron chi connectivity index (χ4n) is 4.05. The Morgan fingerprint density at radius 2 is 1.86 bits per heavy atom. The molecule has 1 aliphatic rings. The quantitative estimate of drug-likeness (QED) is 0.822. The number of fused-ring (bicyclic) bond motifs is 1. The van der Waals surface area contributed by atoms with Crippen LogP contribution >= 0.6 is 11.6 Å². The van der Waals surface area contributed by atoms with Crippen molar-refractivity contribution >= 4 is 28.6 Å². The molecule has 3 rings (SSSR count). The molecule has 0 amide bonds. The molecule has 6 heteroatoms. The summed E-state index contributed by atoms with van der Waals surface area (Å²) in [5, 5.41) is 3.78. The fourth-order valence-corrected chi connectivity index (χ4v) is 4.22. The number of hydrogen-bond donors (Lipinski definition) is 2. The summed E-state index contributed by atoms with van der Waals surface area (Å²) >= 11 is 5.99. The molecule has 2 N–H and O–H groups in total. The Hall–Kier alpha value is -1.36. The van der Waals surface area contributed by atoms with Gasteiger partial charge in [0.25, 0.3) is 0 Å². The summed E-state index contributed by atoms with van der Waals surface area (Å²) in [7, 11) is 0. The van der Waals surface area contributed by atoms with E-state index < -0.39 is 0 Å². The molecular formula is C15H22ClN5. The van der Waals surface area contributed by atoms with E-state index in [2.05, 4.69) is 52.9 Å². The SMILES string of the molecule is CC1(C)CC(Nc2nc(Cl)nc3nc[nH]c23)CC(C)(C)C1. The number of rotatable bonds is 2. The maximum absolute atomic E-state index is 5.99. The number of aromatic amines is 1. The first kappa shape index (κ1) is 14.6. The molecule has 0 spiro atoms. The molecule has 1 aliphatic carbocycles. The molecule has 1 saturated carbocycles. The van der Waals surface area contributed by atoms with Crippen molar-refractivity contribution in [3.63, 3.8) is 0 Å². The summed E-state index contributed by atoms with van der Waals surface area (Å²) in [4.78, 5) is 15.7. The lowest BCUT2D eigenvalue weighted by Crippen LogP contribution is -2.40. The molecule has 21 heavy (non-hydrogen) atoms. The van der Waals surface area contributed by atoms with Crippen molar-refractivity contribution in [3.05, 3.63) is 11.6 Å². The van der Waals surface area contributed by atoms with Crippen LogP contribution in [0.1, 0.15) is 47.0 Å². The standard InChI is InChI=1S/C15H22ClN5/c1-14(2)5-9(6-15(3,4)7-14)19-12-10-11(18-8-17-10)20-13(16)21-12/h8-9H,5-7H2,1-4H3,(H2,17,18,19,20,21). The Morgan fingerprint density at radius 3 is 2.52 bits per heavy atom. The Morgan fingerprint density at radius 1 is 1.19 bits per heavy atom.